The van der Waals surface area contributed by atoms with Crippen molar-refractivity contribution in [3.05, 3.63) is 78.2 Å². The number of ether oxygens (including phenoxy) is 2. The van der Waals surface area contributed by atoms with Crippen molar-refractivity contribution in [1.29, 1.82) is 0 Å². The Morgan fingerprint density at radius 1 is 1.10 bits per heavy atom. The van der Waals surface area contributed by atoms with E-state index in [1.807, 2.05) is 42.5 Å². The summed E-state index contributed by atoms with van der Waals surface area (Å²) in [5, 5.41) is 6.55. The molecule has 6 rings (SSSR count). The Hall–Kier alpha value is -4.35. The number of aromatic nitrogens is 2. The van der Waals surface area contributed by atoms with Crippen molar-refractivity contribution in [2.45, 2.75) is 34.9 Å². The van der Waals surface area contributed by atoms with Crippen LogP contribution in [0.4, 0.5) is 0 Å². The zero-order valence-electron chi connectivity index (χ0n) is 21.7. The van der Waals surface area contributed by atoms with Crippen molar-refractivity contribution in [2.24, 2.45) is 0 Å². The number of nitrogens with one attached hydrogen (secondary N) is 3. The number of methoxy groups -OCH3 is 1. The highest BCUT2D eigenvalue weighted by molar-refractivity contribution is 7.99. The maximum absolute atomic E-state index is 13.2. The van der Waals surface area contributed by atoms with Gasteiger partial charge in [0, 0.05) is 48.2 Å². The Morgan fingerprint density at radius 2 is 1.95 bits per heavy atom. The molecule has 1 saturated heterocycles. The lowest BCUT2D eigenvalue weighted by Gasteiger charge is -2.26. The second kappa shape index (κ2) is 11.0. The number of benzene rings is 2. The lowest BCUT2D eigenvalue weighted by atomic mass is 10.1. The first kappa shape index (κ1) is 25.9. The maximum Gasteiger partial charge on any atom is 0.251 e. The minimum Gasteiger partial charge on any atom is -0.455 e. The van der Waals surface area contributed by atoms with Crippen LogP contribution < -0.4 is 15.4 Å². The van der Waals surface area contributed by atoms with Crippen LogP contribution in [-0.4, -0.2) is 64.9 Å². The Labute approximate surface area is 234 Å². The molecule has 0 aliphatic carbocycles. The molecule has 204 valence electrons. The molecule has 0 spiro atoms. The summed E-state index contributed by atoms with van der Waals surface area (Å²) in [5.41, 5.74) is 2.13. The highest BCUT2D eigenvalue weighted by Gasteiger charge is 2.42. The second-order valence-electron chi connectivity index (χ2n) is 9.57. The van der Waals surface area contributed by atoms with E-state index in [-0.39, 0.29) is 24.9 Å². The molecular formula is C29H27N5O5S. The number of likely N-dealkylation sites (tertiary alicyclic amines) is 1. The summed E-state index contributed by atoms with van der Waals surface area (Å²) < 4.78 is 11.5. The zero-order chi connectivity index (χ0) is 27.6. The summed E-state index contributed by atoms with van der Waals surface area (Å²) in [6, 6.07) is 15.9. The number of amides is 3. The van der Waals surface area contributed by atoms with Gasteiger partial charge in [0.05, 0.1) is 29.0 Å². The standard InChI is InChI=1S/C29H27N5O5S/c1-38-22-9-11-34(27(22)29(37)31-15-19-12-18-14-30-10-8-20(18)33-19)26(35)16-32-28(36)17-6-7-25-23(13-17)39-21-4-2-3-5-24(21)40-25/h2-8,10,12-14,22,27,33H,9,11,15-16H2,1H3,(H,31,37)(H,32,36)/t22-,27+/m1/s1. The van der Waals surface area contributed by atoms with E-state index in [2.05, 4.69) is 20.6 Å². The van der Waals surface area contributed by atoms with Gasteiger partial charge in [-0.15, -0.1) is 0 Å². The summed E-state index contributed by atoms with van der Waals surface area (Å²) in [4.78, 5) is 50.0. The third kappa shape index (κ3) is 5.13. The predicted octanol–water partition coefficient (Wildman–Crippen LogP) is 3.48. The van der Waals surface area contributed by atoms with E-state index < -0.39 is 18.1 Å². The first-order valence-electron chi connectivity index (χ1n) is 12.9. The highest BCUT2D eigenvalue weighted by atomic mass is 32.2. The monoisotopic (exact) mass is 557 g/mol. The number of hydrogen-bond acceptors (Lipinski definition) is 7. The fourth-order valence-corrected chi connectivity index (χ4v) is 5.98. The van der Waals surface area contributed by atoms with E-state index in [1.54, 1.807) is 36.3 Å². The van der Waals surface area contributed by atoms with Gasteiger partial charge in [-0.2, -0.15) is 0 Å². The average molecular weight is 558 g/mol. The third-order valence-electron chi connectivity index (χ3n) is 7.06. The van der Waals surface area contributed by atoms with Gasteiger partial charge in [-0.1, -0.05) is 23.9 Å². The van der Waals surface area contributed by atoms with Gasteiger partial charge in [-0.25, -0.2) is 0 Å². The van der Waals surface area contributed by atoms with Gasteiger partial charge in [0.2, 0.25) is 11.8 Å². The van der Waals surface area contributed by atoms with Crippen molar-refractivity contribution in [2.75, 3.05) is 20.2 Å². The molecule has 3 amide bonds. The SMILES string of the molecule is CO[C@@H]1CCN(C(=O)CNC(=O)c2ccc3c(c2)Oc2ccccc2S3)[C@@H]1C(=O)NCc1cc2cnccc2[nH]1. The van der Waals surface area contributed by atoms with Crippen LogP contribution >= 0.6 is 11.8 Å². The Balaban J connectivity index is 1.07. The Kier molecular flexibility index (Phi) is 7.14. The first-order chi connectivity index (χ1) is 19.5. The largest absolute Gasteiger partial charge is 0.455 e. The van der Waals surface area contributed by atoms with Crippen molar-refractivity contribution >= 4 is 40.4 Å². The molecule has 3 N–H and O–H groups in total. The molecular weight excluding hydrogens is 530 g/mol. The number of carbonyl (C=O) groups excluding carboxylic acids is 3. The van der Waals surface area contributed by atoms with Crippen molar-refractivity contribution in [3.63, 3.8) is 0 Å². The van der Waals surface area contributed by atoms with Crippen LogP contribution in [0.3, 0.4) is 0 Å². The quantitative estimate of drug-likeness (QED) is 0.280. The van der Waals surface area contributed by atoms with Crippen LogP contribution in [0.2, 0.25) is 0 Å². The molecule has 40 heavy (non-hydrogen) atoms. The molecule has 0 bridgehead atoms. The third-order valence-corrected chi connectivity index (χ3v) is 8.17. The fourth-order valence-electron chi connectivity index (χ4n) is 5.04. The van der Waals surface area contributed by atoms with Crippen LogP contribution in [0.25, 0.3) is 10.9 Å². The fraction of sp³-hybridized carbons (Fsp3) is 0.241. The number of H-pyrrole nitrogens is 1. The van der Waals surface area contributed by atoms with Gasteiger partial charge >= 0.3 is 0 Å². The lowest BCUT2D eigenvalue weighted by Crippen LogP contribution is -2.52. The normalized spacial score (nSPS) is 17.6. The smallest absolute Gasteiger partial charge is 0.251 e. The second-order valence-corrected chi connectivity index (χ2v) is 10.6. The zero-order valence-corrected chi connectivity index (χ0v) is 22.5. The molecule has 2 aromatic heterocycles. The van der Waals surface area contributed by atoms with Gasteiger partial charge in [0.15, 0.2) is 0 Å². The van der Waals surface area contributed by atoms with E-state index in [1.165, 1.54) is 12.0 Å². The van der Waals surface area contributed by atoms with E-state index in [4.69, 9.17) is 9.47 Å². The molecule has 1 fully saturated rings. The number of carbonyl (C=O) groups is 3. The molecule has 0 unspecified atom stereocenters. The van der Waals surface area contributed by atoms with E-state index in [0.717, 1.165) is 32.1 Å². The number of rotatable bonds is 7. The van der Waals surface area contributed by atoms with Crippen LogP contribution in [0.1, 0.15) is 22.5 Å². The number of hydrogen-bond donors (Lipinski definition) is 3. The van der Waals surface area contributed by atoms with Gasteiger partial charge in [0.25, 0.3) is 5.91 Å². The maximum atomic E-state index is 13.2. The summed E-state index contributed by atoms with van der Waals surface area (Å²) in [5.74, 6) is 0.253. The molecule has 2 aliphatic heterocycles. The van der Waals surface area contributed by atoms with Crippen molar-refractivity contribution in [1.82, 2.24) is 25.5 Å². The molecule has 11 heteroatoms. The number of aromatic amines is 1. The Morgan fingerprint density at radius 3 is 2.80 bits per heavy atom. The van der Waals surface area contributed by atoms with Crippen molar-refractivity contribution < 1.29 is 23.9 Å². The molecule has 2 aliphatic rings. The molecule has 10 nitrogen and oxygen atoms in total. The average Bonchev–Trinajstić information content (AvgIpc) is 3.61. The molecule has 2 aromatic carbocycles. The predicted molar refractivity (Wildman–Crippen MR) is 148 cm³/mol. The van der Waals surface area contributed by atoms with Gasteiger partial charge in [0.1, 0.15) is 17.5 Å². The summed E-state index contributed by atoms with van der Waals surface area (Å²) in [6.07, 6.45) is 3.53. The van der Waals surface area contributed by atoms with Crippen LogP contribution in [0.5, 0.6) is 11.5 Å². The first-order valence-corrected chi connectivity index (χ1v) is 13.7. The molecule has 2 atom stereocenters. The van der Waals surface area contributed by atoms with Crippen LogP contribution in [0, 0.1) is 0 Å². The van der Waals surface area contributed by atoms with Crippen molar-refractivity contribution in [3.8, 4) is 11.5 Å². The lowest BCUT2D eigenvalue weighted by molar-refractivity contribution is -0.140. The van der Waals surface area contributed by atoms with Crippen LogP contribution in [-0.2, 0) is 20.9 Å². The minimum absolute atomic E-state index is 0.246. The minimum atomic E-state index is -0.797. The summed E-state index contributed by atoms with van der Waals surface area (Å²) >= 11 is 1.57. The van der Waals surface area contributed by atoms with Gasteiger partial charge in [-0.3, -0.25) is 19.4 Å². The van der Waals surface area contributed by atoms with E-state index in [9.17, 15) is 14.4 Å². The molecule has 4 heterocycles. The molecule has 0 radical (unpaired) electrons. The van der Waals surface area contributed by atoms with E-state index in [0.29, 0.717) is 24.3 Å². The molecule has 0 saturated carbocycles. The molecule has 4 aromatic rings. The number of para-hydroxylation sites is 1. The Bertz CT molecular complexity index is 1570. The number of nitrogens with zero attached hydrogens (tertiary/aromatic N) is 2. The van der Waals surface area contributed by atoms with Gasteiger partial charge in [-0.05, 0) is 48.9 Å². The highest BCUT2D eigenvalue weighted by Crippen LogP contribution is 2.46. The van der Waals surface area contributed by atoms with Crippen LogP contribution in [0.15, 0.2) is 76.8 Å². The summed E-state index contributed by atoms with van der Waals surface area (Å²) in [7, 11) is 1.53. The number of pyridine rings is 1. The topological polar surface area (TPSA) is 126 Å². The summed E-state index contributed by atoms with van der Waals surface area (Å²) in [6.45, 7) is 0.374. The number of fused-ring (bicyclic) bond motifs is 3. The van der Waals surface area contributed by atoms with Gasteiger partial charge < -0.3 is 30.0 Å². The van der Waals surface area contributed by atoms with E-state index >= 15 is 0 Å².